The van der Waals surface area contributed by atoms with Crippen LogP contribution in [0.3, 0.4) is 0 Å². The Morgan fingerprint density at radius 1 is 1.32 bits per heavy atom. The van der Waals surface area contributed by atoms with Crippen molar-refractivity contribution in [1.82, 2.24) is 0 Å². The fourth-order valence-corrected chi connectivity index (χ4v) is 1.22. The highest BCUT2D eigenvalue weighted by atomic mass is 17.4. The van der Waals surface area contributed by atoms with Crippen molar-refractivity contribution in [3.8, 4) is 5.75 Å². The maximum absolute atomic E-state index is 11.0. The number of carbonyl (C=O) groups excluding carboxylic acids is 1. The van der Waals surface area contributed by atoms with Crippen LogP contribution >= 0.6 is 0 Å². The lowest BCUT2D eigenvalue weighted by molar-refractivity contribution is -0.840. The average Bonchev–Trinajstić information content (AvgIpc) is 2.36. The molecule has 102 valence electrons. The van der Waals surface area contributed by atoms with Gasteiger partial charge in [-0.3, -0.25) is 10.1 Å². The molecule has 10 nitrogen and oxygen atoms in total. The van der Waals surface area contributed by atoms with E-state index in [1.54, 1.807) is 6.92 Å². The molecule has 0 aliphatic rings. The van der Waals surface area contributed by atoms with E-state index in [1.165, 1.54) is 12.1 Å². The first-order valence-corrected chi connectivity index (χ1v) is 4.92. The maximum Gasteiger partial charge on any atom is 0.546 e. The summed E-state index contributed by atoms with van der Waals surface area (Å²) in [6.07, 6.45) is -1.11. The number of ether oxygens (including phenoxy) is 1. The first kappa shape index (κ1) is 14.2. The van der Waals surface area contributed by atoms with E-state index in [9.17, 15) is 25.0 Å². The SMILES string of the molecule is CCc1cc([N+](=O)[O-])ccc1OC(=O)OO[N+](=O)[O-]. The molecule has 0 aliphatic heterocycles. The highest BCUT2D eigenvalue weighted by Crippen LogP contribution is 2.25. The molecule has 0 unspecified atom stereocenters. The summed E-state index contributed by atoms with van der Waals surface area (Å²) in [5, 5.41) is 19.0. The Morgan fingerprint density at radius 3 is 2.53 bits per heavy atom. The van der Waals surface area contributed by atoms with Gasteiger partial charge in [0.25, 0.3) is 5.69 Å². The molecule has 0 atom stereocenters. The molecular formula is C9H8N2O8. The van der Waals surface area contributed by atoms with Gasteiger partial charge in [-0.15, -0.1) is 10.1 Å². The standard InChI is InChI=1S/C9H8N2O8/c1-2-6-5-7(10(13)14)3-4-8(6)17-9(12)18-19-11(15)16/h3-5H,2H2,1H3. The van der Waals surface area contributed by atoms with Crippen LogP contribution in [-0.4, -0.2) is 16.2 Å². The zero-order chi connectivity index (χ0) is 14.4. The molecule has 1 rings (SSSR count). The molecule has 10 heteroatoms. The van der Waals surface area contributed by atoms with Gasteiger partial charge in [-0.25, -0.2) is 9.68 Å². The number of aryl methyl sites for hydroxylation is 1. The molecule has 0 saturated carbocycles. The van der Waals surface area contributed by atoms with Crippen molar-refractivity contribution in [2.75, 3.05) is 0 Å². The van der Waals surface area contributed by atoms with Gasteiger partial charge in [0.05, 0.1) is 4.92 Å². The second-order valence-corrected chi connectivity index (χ2v) is 3.14. The number of hydrogen-bond donors (Lipinski definition) is 0. The minimum absolute atomic E-state index is 0.00921. The first-order valence-electron chi connectivity index (χ1n) is 4.92. The average molecular weight is 272 g/mol. The Hall–Kier alpha value is -2.91. The number of rotatable bonds is 5. The van der Waals surface area contributed by atoms with E-state index in [-0.39, 0.29) is 11.4 Å². The summed E-state index contributed by atoms with van der Waals surface area (Å²) in [5.41, 5.74) is 0.200. The van der Waals surface area contributed by atoms with Gasteiger partial charge in [-0.2, -0.15) is 0 Å². The number of nitro benzene ring substituents is 1. The summed E-state index contributed by atoms with van der Waals surface area (Å²) < 4.78 is 4.61. The van der Waals surface area contributed by atoms with Crippen LogP contribution < -0.4 is 4.74 Å². The molecule has 1 aromatic rings. The monoisotopic (exact) mass is 272 g/mol. The second kappa shape index (κ2) is 6.14. The van der Waals surface area contributed by atoms with Gasteiger partial charge in [-0.1, -0.05) is 11.9 Å². The minimum Gasteiger partial charge on any atom is -0.393 e. The van der Waals surface area contributed by atoms with E-state index in [0.717, 1.165) is 6.07 Å². The molecule has 0 aliphatic carbocycles. The van der Waals surface area contributed by atoms with E-state index in [1.807, 2.05) is 0 Å². The molecule has 0 heterocycles. The van der Waals surface area contributed by atoms with Crippen molar-refractivity contribution in [3.05, 3.63) is 44.0 Å². The number of carbonyl (C=O) groups is 1. The fraction of sp³-hybridized carbons (Fsp3) is 0.222. The largest absolute Gasteiger partial charge is 0.546 e. The Kier molecular flexibility index (Phi) is 4.57. The third-order valence-electron chi connectivity index (χ3n) is 2.00. The summed E-state index contributed by atoms with van der Waals surface area (Å²) >= 11 is 0. The summed E-state index contributed by atoms with van der Waals surface area (Å²) in [7, 11) is 0. The Bertz CT molecular complexity index is 515. The molecule has 0 amide bonds. The molecule has 0 fully saturated rings. The van der Waals surface area contributed by atoms with Crippen LogP contribution in [0.5, 0.6) is 5.75 Å². The van der Waals surface area contributed by atoms with Crippen LogP contribution in [0.2, 0.25) is 0 Å². The zero-order valence-corrected chi connectivity index (χ0v) is 9.60. The smallest absolute Gasteiger partial charge is 0.393 e. The van der Waals surface area contributed by atoms with Crippen LogP contribution in [0, 0.1) is 20.2 Å². The third-order valence-corrected chi connectivity index (χ3v) is 2.00. The van der Waals surface area contributed by atoms with E-state index in [0.29, 0.717) is 12.0 Å². The van der Waals surface area contributed by atoms with Gasteiger partial charge in [0.15, 0.2) is 0 Å². The van der Waals surface area contributed by atoms with E-state index >= 15 is 0 Å². The van der Waals surface area contributed by atoms with E-state index in [2.05, 4.69) is 14.6 Å². The van der Waals surface area contributed by atoms with Gasteiger partial charge in [0.2, 0.25) is 0 Å². The number of non-ortho nitro benzene ring substituents is 1. The zero-order valence-electron chi connectivity index (χ0n) is 9.60. The van der Waals surface area contributed by atoms with Gasteiger partial charge >= 0.3 is 11.2 Å². The molecule has 0 N–H and O–H groups in total. The van der Waals surface area contributed by atoms with Crippen LogP contribution in [0.25, 0.3) is 0 Å². The highest BCUT2D eigenvalue weighted by molar-refractivity contribution is 5.64. The van der Waals surface area contributed by atoms with Gasteiger partial charge < -0.3 is 4.74 Å². The van der Waals surface area contributed by atoms with Crippen molar-refractivity contribution in [2.24, 2.45) is 0 Å². The Labute approximate surface area is 105 Å². The summed E-state index contributed by atoms with van der Waals surface area (Å²) in [6.45, 7) is 1.69. The topological polar surface area (TPSA) is 131 Å². The van der Waals surface area contributed by atoms with Crippen LogP contribution in [0.4, 0.5) is 10.5 Å². The lowest BCUT2D eigenvalue weighted by Gasteiger charge is -2.06. The second-order valence-electron chi connectivity index (χ2n) is 3.14. The van der Waals surface area contributed by atoms with Crippen LogP contribution in [0.15, 0.2) is 18.2 Å². The summed E-state index contributed by atoms with van der Waals surface area (Å²) in [5.74, 6) is -0.00921. The molecular weight excluding hydrogens is 264 g/mol. The first-order chi connectivity index (χ1) is 8.93. The normalized spacial score (nSPS) is 9.53. The van der Waals surface area contributed by atoms with Crippen molar-refractivity contribution in [3.63, 3.8) is 0 Å². The number of nitro groups is 1. The van der Waals surface area contributed by atoms with Crippen molar-refractivity contribution in [2.45, 2.75) is 13.3 Å². The summed E-state index contributed by atoms with van der Waals surface area (Å²) in [4.78, 5) is 37.8. The van der Waals surface area contributed by atoms with Gasteiger partial charge in [-0.05, 0) is 12.5 Å². The number of benzene rings is 1. The van der Waals surface area contributed by atoms with Crippen molar-refractivity contribution >= 4 is 11.8 Å². The number of nitrogens with zero attached hydrogens (tertiary/aromatic N) is 2. The van der Waals surface area contributed by atoms with Crippen LogP contribution in [0.1, 0.15) is 12.5 Å². The minimum atomic E-state index is -1.46. The predicted molar refractivity (Wildman–Crippen MR) is 57.7 cm³/mol. The Balaban J connectivity index is 2.80. The quantitative estimate of drug-likeness (QED) is 0.260. The molecule has 0 aromatic heterocycles. The predicted octanol–water partition coefficient (Wildman–Crippen LogP) is 1.80. The molecule has 19 heavy (non-hydrogen) atoms. The van der Waals surface area contributed by atoms with Gasteiger partial charge in [0.1, 0.15) is 5.75 Å². The van der Waals surface area contributed by atoms with Crippen molar-refractivity contribution in [1.29, 1.82) is 0 Å². The molecule has 0 spiro atoms. The molecule has 0 bridgehead atoms. The van der Waals surface area contributed by atoms with E-state index in [4.69, 9.17) is 0 Å². The molecule has 1 aromatic carbocycles. The Morgan fingerprint density at radius 2 is 2.00 bits per heavy atom. The van der Waals surface area contributed by atoms with Crippen LogP contribution in [-0.2, 0) is 16.3 Å². The highest BCUT2D eigenvalue weighted by Gasteiger charge is 2.15. The van der Waals surface area contributed by atoms with Gasteiger partial charge in [0, 0.05) is 17.7 Å². The van der Waals surface area contributed by atoms with Crippen molar-refractivity contribution < 1.29 is 29.4 Å². The third kappa shape index (κ3) is 4.11. The number of hydrogen-bond acceptors (Lipinski definition) is 8. The molecule has 0 radical (unpaired) electrons. The molecule has 0 saturated heterocycles. The maximum atomic E-state index is 11.0. The summed E-state index contributed by atoms with van der Waals surface area (Å²) in [6, 6.07) is 3.53. The lowest BCUT2D eigenvalue weighted by atomic mass is 10.1. The lowest BCUT2D eigenvalue weighted by Crippen LogP contribution is -2.14. The fourth-order valence-electron chi connectivity index (χ4n) is 1.22. The van der Waals surface area contributed by atoms with E-state index < -0.39 is 16.2 Å².